The van der Waals surface area contributed by atoms with Crippen molar-refractivity contribution in [3.05, 3.63) is 42.1 Å². The molecule has 1 atom stereocenters. The lowest BCUT2D eigenvalue weighted by Crippen LogP contribution is -2.45. The Kier molecular flexibility index (Phi) is 6.05. The molecular weight excluding hydrogens is 497 g/mol. The van der Waals surface area contributed by atoms with Crippen LogP contribution < -0.4 is 10.5 Å². The van der Waals surface area contributed by atoms with E-state index in [1.54, 1.807) is 28.8 Å². The molecule has 2 aliphatic rings. The maximum absolute atomic E-state index is 13.3. The molecule has 4 aromatic rings. The molecule has 1 amide bonds. The van der Waals surface area contributed by atoms with Gasteiger partial charge in [0.25, 0.3) is 5.91 Å². The largest absolute Gasteiger partial charge is 0.482 e. The third-order valence-electron chi connectivity index (χ3n) is 7.34. The number of likely N-dealkylation sites (tertiary alicyclic amines) is 1. The van der Waals surface area contributed by atoms with Crippen molar-refractivity contribution in [1.82, 2.24) is 24.0 Å². The van der Waals surface area contributed by atoms with Crippen LogP contribution in [0.15, 0.2) is 36.5 Å². The van der Waals surface area contributed by atoms with E-state index in [1.165, 1.54) is 6.07 Å². The highest BCUT2D eigenvalue weighted by Gasteiger charge is 2.31. The standard InChI is InChI=1S/C27H29F3N6O2/c1-34-23-20(33-25(34)21-11-17-4-2-8-32-24(17)36(21)13-16-6-7-16)10-18(12-22(23)38-15-27(28,29)30)26(37)35-9-3-5-19(31)14-35/h2,4,8,10-12,16,19H,3,5-7,9,13-15,31H2,1H3. The predicted molar refractivity (Wildman–Crippen MR) is 137 cm³/mol. The summed E-state index contributed by atoms with van der Waals surface area (Å²) in [6.07, 6.45) is 1.12. The van der Waals surface area contributed by atoms with Crippen LogP contribution in [0.3, 0.4) is 0 Å². The zero-order valence-corrected chi connectivity index (χ0v) is 21.0. The summed E-state index contributed by atoms with van der Waals surface area (Å²) in [5.41, 5.74) is 8.74. The fraction of sp³-hybridized carbons (Fsp3) is 0.444. The summed E-state index contributed by atoms with van der Waals surface area (Å²) in [7, 11) is 1.75. The fourth-order valence-electron chi connectivity index (χ4n) is 5.33. The Morgan fingerprint density at radius 1 is 1.21 bits per heavy atom. The molecule has 38 heavy (non-hydrogen) atoms. The minimum absolute atomic E-state index is 0.0336. The second kappa shape index (κ2) is 9.30. The zero-order valence-electron chi connectivity index (χ0n) is 21.0. The highest BCUT2D eigenvalue weighted by molar-refractivity contribution is 6.00. The summed E-state index contributed by atoms with van der Waals surface area (Å²) in [6, 6.07) is 8.76. The van der Waals surface area contributed by atoms with Crippen LogP contribution in [0.4, 0.5) is 13.2 Å². The van der Waals surface area contributed by atoms with E-state index in [-0.39, 0.29) is 23.3 Å². The van der Waals surface area contributed by atoms with E-state index in [4.69, 9.17) is 15.5 Å². The number of carbonyl (C=O) groups excluding carboxylic acids is 1. The number of rotatable bonds is 6. The number of halogens is 3. The van der Waals surface area contributed by atoms with Gasteiger partial charge in [-0.2, -0.15) is 13.2 Å². The monoisotopic (exact) mass is 526 g/mol. The van der Waals surface area contributed by atoms with Crippen molar-refractivity contribution in [1.29, 1.82) is 0 Å². The van der Waals surface area contributed by atoms with Crippen molar-refractivity contribution in [2.75, 3.05) is 19.7 Å². The van der Waals surface area contributed by atoms with E-state index < -0.39 is 12.8 Å². The quantitative estimate of drug-likeness (QED) is 0.399. The molecule has 0 radical (unpaired) electrons. The van der Waals surface area contributed by atoms with Crippen molar-refractivity contribution >= 4 is 28.0 Å². The van der Waals surface area contributed by atoms with Gasteiger partial charge in [0.05, 0.1) is 11.2 Å². The number of pyridine rings is 1. The van der Waals surface area contributed by atoms with Crippen LogP contribution in [0, 0.1) is 5.92 Å². The zero-order chi connectivity index (χ0) is 26.6. The number of imidazole rings is 1. The molecule has 0 bridgehead atoms. The first kappa shape index (κ1) is 24.7. The van der Waals surface area contributed by atoms with Crippen LogP contribution in [-0.2, 0) is 13.6 Å². The van der Waals surface area contributed by atoms with Crippen LogP contribution in [-0.4, -0.2) is 61.8 Å². The first-order valence-electron chi connectivity index (χ1n) is 12.9. The van der Waals surface area contributed by atoms with Gasteiger partial charge < -0.3 is 24.5 Å². The first-order valence-corrected chi connectivity index (χ1v) is 12.9. The van der Waals surface area contributed by atoms with Gasteiger partial charge in [0.1, 0.15) is 16.9 Å². The molecule has 1 aliphatic heterocycles. The molecule has 1 aromatic carbocycles. The number of ether oxygens (including phenoxy) is 1. The summed E-state index contributed by atoms with van der Waals surface area (Å²) in [4.78, 5) is 24.4. The minimum atomic E-state index is -4.53. The molecule has 2 N–H and O–H groups in total. The van der Waals surface area contributed by atoms with E-state index in [1.807, 2.05) is 18.2 Å². The van der Waals surface area contributed by atoms with E-state index in [9.17, 15) is 18.0 Å². The second-order valence-electron chi connectivity index (χ2n) is 10.4. The van der Waals surface area contributed by atoms with Gasteiger partial charge in [0.2, 0.25) is 0 Å². The van der Waals surface area contributed by atoms with Gasteiger partial charge in [-0.15, -0.1) is 0 Å². The molecule has 0 spiro atoms. The van der Waals surface area contributed by atoms with Gasteiger partial charge in [-0.25, -0.2) is 9.97 Å². The van der Waals surface area contributed by atoms with Crippen molar-refractivity contribution in [2.24, 2.45) is 18.7 Å². The Morgan fingerprint density at radius 3 is 2.76 bits per heavy atom. The summed E-state index contributed by atoms with van der Waals surface area (Å²) in [5.74, 6) is 0.804. The molecule has 4 heterocycles. The second-order valence-corrected chi connectivity index (χ2v) is 10.4. The molecule has 1 saturated heterocycles. The minimum Gasteiger partial charge on any atom is -0.482 e. The molecule has 8 nitrogen and oxygen atoms in total. The number of benzene rings is 1. The molecule has 1 unspecified atom stereocenters. The van der Waals surface area contributed by atoms with Gasteiger partial charge in [0, 0.05) is 49.9 Å². The molecule has 200 valence electrons. The number of amides is 1. The van der Waals surface area contributed by atoms with Gasteiger partial charge in [-0.05, 0) is 61.9 Å². The maximum Gasteiger partial charge on any atom is 0.422 e. The van der Waals surface area contributed by atoms with Crippen LogP contribution in [0.5, 0.6) is 5.75 Å². The first-order chi connectivity index (χ1) is 18.2. The number of aromatic nitrogens is 4. The number of nitrogens with zero attached hydrogens (tertiary/aromatic N) is 5. The van der Waals surface area contributed by atoms with Crippen molar-refractivity contribution in [3.8, 4) is 17.3 Å². The molecular formula is C27H29F3N6O2. The predicted octanol–water partition coefficient (Wildman–Crippen LogP) is 4.50. The topological polar surface area (TPSA) is 91.2 Å². The number of aryl methyl sites for hydroxylation is 1. The van der Waals surface area contributed by atoms with E-state index in [2.05, 4.69) is 9.55 Å². The molecule has 6 rings (SSSR count). The lowest BCUT2D eigenvalue weighted by molar-refractivity contribution is -0.153. The fourth-order valence-corrected chi connectivity index (χ4v) is 5.33. The highest BCUT2D eigenvalue weighted by atomic mass is 19.4. The number of nitrogens with two attached hydrogens (primary N) is 1. The van der Waals surface area contributed by atoms with Crippen molar-refractivity contribution < 1.29 is 22.7 Å². The van der Waals surface area contributed by atoms with E-state index >= 15 is 0 Å². The van der Waals surface area contributed by atoms with Gasteiger partial charge >= 0.3 is 6.18 Å². The maximum atomic E-state index is 13.3. The highest BCUT2D eigenvalue weighted by Crippen LogP contribution is 2.38. The summed E-state index contributed by atoms with van der Waals surface area (Å²) in [6.45, 7) is 0.262. The number of hydrogen-bond donors (Lipinski definition) is 1. The van der Waals surface area contributed by atoms with Crippen LogP contribution in [0.2, 0.25) is 0 Å². The Hall–Kier alpha value is -3.60. The Balaban J connectivity index is 1.48. The molecule has 1 saturated carbocycles. The van der Waals surface area contributed by atoms with Gasteiger partial charge in [-0.3, -0.25) is 4.79 Å². The number of hydrogen-bond acceptors (Lipinski definition) is 5. The summed E-state index contributed by atoms with van der Waals surface area (Å²) >= 11 is 0. The average molecular weight is 527 g/mol. The number of carbonyl (C=O) groups is 1. The molecule has 2 fully saturated rings. The van der Waals surface area contributed by atoms with Gasteiger partial charge in [-0.1, -0.05) is 0 Å². The Morgan fingerprint density at radius 2 is 2.03 bits per heavy atom. The smallest absolute Gasteiger partial charge is 0.422 e. The average Bonchev–Trinajstić information content (AvgIpc) is 3.55. The van der Waals surface area contributed by atoms with E-state index in [0.29, 0.717) is 35.9 Å². The third kappa shape index (κ3) is 4.70. The van der Waals surface area contributed by atoms with Crippen LogP contribution >= 0.6 is 0 Å². The summed E-state index contributed by atoms with van der Waals surface area (Å²) < 4.78 is 48.6. The summed E-state index contributed by atoms with van der Waals surface area (Å²) in [5, 5.41) is 0.959. The lowest BCUT2D eigenvalue weighted by atomic mass is 10.0. The molecule has 1 aliphatic carbocycles. The van der Waals surface area contributed by atoms with Crippen molar-refractivity contribution in [2.45, 2.75) is 44.4 Å². The van der Waals surface area contributed by atoms with Crippen LogP contribution in [0.1, 0.15) is 36.0 Å². The van der Waals surface area contributed by atoms with E-state index in [0.717, 1.165) is 49.0 Å². The number of fused-ring (bicyclic) bond motifs is 2. The van der Waals surface area contributed by atoms with Crippen molar-refractivity contribution in [3.63, 3.8) is 0 Å². The Labute approximate surface area is 217 Å². The molecule has 3 aromatic heterocycles. The normalized spacial score (nSPS) is 18.4. The van der Waals surface area contributed by atoms with Gasteiger partial charge in [0.15, 0.2) is 12.4 Å². The number of alkyl halides is 3. The SMILES string of the molecule is Cn1c(-c2cc3cccnc3n2CC2CC2)nc2cc(C(=O)N3CCCC(N)C3)cc(OCC(F)(F)F)c21. The Bertz CT molecular complexity index is 1520. The molecule has 11 heteroatoms. The lowest BCUT2D eigenvalue weighted by Gasteiger charge is -2.31. The number of piperidine rings is 1. The third-order valence-corrected chi connectivity index (χ3v) is 7.34. The van der Waals surface area contributed by atoms with Crippen LogP contribution in [0.25, 0.3) is 33.6 Å².